The summed E-state index contributed by atoms with van der Waals surface area (Å²) in [5.74, 6) is 0.0430. The molecule has 1 aromatic rings. The lowest BCUT2D eigenvalue weighted by Crippen LogP contribution is -2.29. The zero-order valence-corrected chi connectivity index (χ0v) is 13.1. The minimum Gasteiger partial charge on any atom is -0.381 e. The smallest absolute Gasteiger partial charge is 0.165 e. The molecule has 0 fully saturated rings. The number of hydrogen-bond acceptors (Lipinski definition) is 3. The van der Waals surface area contributed by atoms with E-state index in [-0.39, 0.29) is 12.3 Å². The molecule has 0 unspecified atom stereocenters. The number of allylic oxidation sites excluding steroid dienone is 3. The molecule has 2 rings (SSSR count). The number of Topliss-reactive ketones (excluding diaryl/α,β-unsaturated/α-hetero) is 1. The van der Waals surface area contributed by atoms with Crippen molar-refractivity contribution in [2.75, 3.05) is 13.1 Å². The van der Waals surface area contributed by atoms with Gasteiger partial charge in [-0.05, 0) is 38.7 Å². The lowest BCUT2D eigenvalue weighted by Gasteiger charge is -2.20. The van der Waals surface area contributed by atoms with Gasteiger partial charge in [0.2, 0.25) is 0 Å². The number of ketones is 1. The molecular formula is C18H26N2O. The summed E-state index contributed by atoms with van der Waals surface area (Å²) >= 11 is 0. The van der Waals surface area contributed by atoms with Gasteiger partial charge in [0, 0.05) is 5.70 Å². The molecule has 0 amide bonds. The third-order valence-corrected chi connectivity index (χ3v) is 3.56. The van der Waals surface area contributed by atoms with Crippen molar-refractivity contribution < 1.29 is 4.79 Å². The van der Waals surface area contributed by atoms with E-state index in [2.05, 4.69) is 37.9 Å². The molecule has 0 saturated heterocycles. The molecule has 3 N–H and O–H groups in total. The highest BCUT2D eigenvalue weighted by molar-refractivity contribution is 5.82. The normalized spacial score (nSPS) is 14.3. The van der Waals surface area contributed by atoms with Crippen molar-refractivity contribution in [1.29, 1.82) is 0 Å². The Hall–Kier alpha value is -1.87. The van der Waals surface area contributed by atoms with Crippen molar-refractivity contribution in [3.05, 3.63) is 59.3 Å². The molecule has 1 aliphatic rings. The van der Waals surface area contributed by atoms with Crippen LogP contribution in [0.1, 0.15) is 31.7 Å². The van der Waals surface area contributed by atoms with Crippen LogP contribution in [0.3, 0.4) is 0 Å². The summed E-state index contributed by atoms with van der Waals surface area (Å²) in [6.07, 6.45) is 3.21. The van der Waals surface area contributed by atoms with Crippen molar-refractivity contribution >= 4 is 5.78 Å². The fourth-order valence-electron chi connectivity index (χ4n) is 2.10. The van der Waals surface area contributed by atoms with Crippen LogP contribution in [-0.2, 0) is 4.79 Å². The molecule has 0 atom stereocenters. The van der Waals surface area contributed by atoms with E-state index in [9.17, 15) is 4.79 Å². The third-order valence-electron chi connectivity index (χ3n) is 3.56. The van der Waals surface area contributed by atoms with Crippen molar-refractivity contribution in [3.8, 4) is 0 Å². The zero-order chi connectivity index (χ0) is 15.7. The first kappa shape index (κ1) is 17.2. The Morgan fingerprint density at radius 2 is 1.90 bits per heavy atom. The number of nitrogens with one attached hydrogen (secondary N) is 1. The summed E-state index contributed by atoms with van der Waals surface area (Å²) in [4.78, 5) is 11.0. The van der Waals surface area contributed by atoms with Gasteiger partial charge in [0.1, 0.15) is 0 Å². The summed E-state index contributed by atoms with van der Waals surface area (Å²) in [5.41, 5.74) is 10.1. The van der Waals surface area contributed by atoms with E-state index in [0.717, 1.165) is 25.0 Å². The predicted octanol–water partition coefficient (Wildman–Crippen LogP) is 3.11. The van der Waals surface area contributed by atoms with Crippen LogP contribution >= 0.6 is 0 Å². The maximum atomic E-state index is 11.0. The largest absolute Gasteiger partial charge is 0.381 e. The number of nitrogens with two attached hydrogens (primary N) is 1. The predicted molar refractivity (Wildman–Crippen MR) is 88.9 cm³/mol. The van der Waals surface area contributed by atoms with Crippen LogP contribution in [0.25, 0.3) is 0 Å². The van der Waals surface area contributed by atoms with Gasteiger partial charge in [0.15, 0.2) is 5.78 Å². The van der Waals surface area contributed by atoms with E-state index in [1.807, 2.05) is 18.2 Å². The molecule has 0 saturated carbocycles. The molecule has 1 aliphatic carbocycles. The number of hydrogen-bond donors (Lipinski definition) is 2. The van der Waals surface area contributed by atoms with Gasteiger partial charge in [-0.15, -0.1) is 0 Å². The molecule has 0 heterocycles. The summed E-state index contributed by atoms with van der Waals surface area (Å²) in [6.45, 7) is 8.58. The van der Waals surface area contributed by atoms with E-state index in [1.165, 1.54) is 16.7 Å². The Morgan fingerprint density at radius 1 is 1.24 bits per heavy atom. The summed E-state index contributed by atoms with van der Waals surface area (Å²) in [7, 11) is 0. The average Bonchev–Trinajstić information content (AvgIpc) is 2.50. The van der Waals surface area contributed by atoms with Crippen LogP contribution < -0.4 is 11.1 Å². The van der Waals surface area contributed by atoms with Crippen LogP contribution in [-0.4, -0.2) is 18.9 Å². The highest BCUT2D eigenvalue weighted by Crippen LogP contribution is 2.26. The van der Waals surface area contributed by atoms with Gasteiger partial charge in [-0.1, -0.05) is 48.0 Å². The third kappa shape index (κ3) is 6.41. The lowest BCUT2D eigenvalue weighted by molar-refractivity contribution is -0.116. The fraction of sp³-hybridized carbons (Fsp3) is 0.389. The molecule has 21 heavy (non-hydrogen) atoms. The summed E-state index contributed by atoms with van der Waals surface area (Å²) < 4.78 is 0. The van der Waals surface area contributed by atoms with Crippen LogP contribution in [0, 0.1) is 6.92 Å². The first-order valence-corrected chi connectivity index (χ1v) is 7.39. The van der Waals surface area contributed by atoms with Gasteiger partial charge >= 0.3 is 0 Å². The average molecular weight is 286 g/mol. The Kier molecular flexibility index (Phi) is 7.48. The van der Waals surface area contributed by atoms with E-state index in [1.54, 1.807) is 0 Å². The van der Waals surface area contributed by atoms with Crippen molar-refractivity contribution in [1.82, 2.24) is 5.32 Å². The van der Waals surface area contributed by atoms with E-state index in [4.69, 9.17) is 5.73 Å². The topological polar surface area (TPSA) is 55.1 Å². The van der Waals surface area contributed by atoms with Gasteiger partial charge in [0.05, 0.1) is 13.1 Å². The zero-order valence-electron chi connectivity index (χ0n) is 13.1. The van der Waals surface area contributed by atoms with E-state index < -0.39 is 0 Å². The van der Waals surface area contributed by atoms with Crippen LogP contribution in [0.4, 0.5) is 0 Å². The second-order valence-corrected chi connectivity index (χ2v) is 5.31. The maximum Gasteiger partial charge on any atom is 0.165 e. The minimum absolute atomic E-state index is 0.0430. The second-order valence-electron chi connectivity index (χ2n) is 5.31. The van der Waals surface area contributed by atoms with E-state index in [0.29, 0.717) is 6.54 Å². The molecule has 3 heteroatoms. The van der Waals surface area contributed by atoms with Crippen LogP contribution in [0.15, 0.2) is 53.8 Å². The first-order valence-electron chi connectivity index (χ1n) is 7.39. The van der Waals surface area contributed by atoms with E-state index >= 15 is 0 Å². The highest BCUT2D eigenvalue weighted by Gasteiger charge is 2.12. The molecule has 0 aromatic heterocycles. The van der Waals surface area contributed by atoms with Crippen LogP contribution in [0.2, 0.25) is 0 Å². The number of aryl methyl sites for hydroxylation is 1. The van der Waals surface area contributed by atoms with Crippen molar-refractivity contribution in [2.45, 2.75) is 33.1 Å². The molecule has 0 spiro atoms. The lowest BCUT2D eigenvalue weighted by atomic mass is 9.93. The highest BCUT2D eigenvalue weighted by atomic mass is 16.1. The summed E-state index contributed by atoms with van der Waals surface area (Å²) in [6, 6.07) is 10.3. The molecule has 0 radical (unpaired) electrons. The first-order chi connectivity index (χ1) is 10.0. The fourth-order valence-corrected chi connectivity index (χ4v) is 2.10. The summed E-state index contributed by atoms with van der Waals surface area (Å²) in [5, 5.41) is 3.14. The van der Waals surface area contributed by atoms with Gasteiger partial charge in [-0.2, -0.15) is 0 Å². The number of rotatable bonds is 4. The molecule has 0 bridgehead atoms. The molecule has 3 nitrogen and oxygen atoms in total. The Labute approximate surface area is 127 Å². The quantitative estimate of drug-likeness (QED) is 0.894. The maximum absolute atomic E-state index is 11.0. The second kappa shape index (κ2) is 9.14. The molecule has 0 aliphatic heterocycles. The van der Waals surface area contributed by atoms with Crippen LogP contribution in [0.5, 0.6) is 0 Å². The molecule has 1 aromatic carbocycles. The Bertz CT molecular complexity index is 503. The molecule has 114 valence electrons. The van der Waals surface area contributed by atoms with Crippen molar-refractivity contribution in [2.24, 2.45) is 5.73 Å². The number of benzene rings is 1. The SMILES string of the molecule is C=C1CCCC(NCC(=O)CN)=C1C.Cc1ccccc1. The van der Waals surface area contributed by atoms with Gasteiger partial charge in [-0.3, -0.25) is 4.79 Å². The minimum atomic E-state index is 0.0430. The molecular weight excluding hydrogens is 260 g/mol. The standard InChI is InChI=1S/C11H18N2O.C7H8/c1-8-4-3-5-11(9(8)2)13-7-10(14)6-12;1-7-5-3-2-4-6-7/h13H,1,3-7,12H2,2H3;2-6H,1H3. The van der Waals surface area contributed by atoms with Gasteiger partial charge in [-0.25, -0.2) is 0 Å². The monoisotopic (exact) mass is 286 g/mol. The van der Waals surface area contributed by atoms with Gasteiger partial charge < -0.3 is 11.1 Å². The number of carbonyl (C=O) groups excluding carboxylic acids is 1. The Morgan fingerprint density at radius 3 is 2.43 bits per heavy atom. The Balaban J connectivity index is 0.000000262. The van der Waals surface area contributed by atoms with Gasteiger partial charge in [0.25, 0.3) is 0 Å². The van der Waals surface area contributed by atoms with Crippen molar-refractivity contribution in [3.63, 3.8) is 0 Å². The number of carbonyl (C=O) groups is 1.